The minimum absolute atomic E-state index is 0.0322. The Labute approximate surface area is 297 Å². The number of rotatable bonds is 5. The van der Waals surface area contributed by atoms with Crippen LogP contribution in [0.3, 0.4) is 0 Å². The zero-order chi connectivity index (χ0) is 35.4. The summed E-state index contributed by atoms with van der Waals surface area (Å²) in [5, 5.41) is 5.65. The molecular formula is C39H45ClN6O4. The van der Waals surface area contributed by atoms with Gasteiger partial charge in [0.05, 0.1) is 17.1 Å². The fraction of sp³-hybridized carbons (Fsp3) is 0.436. The van der Waals surface area contributed by atoms with Crippen molar-refractivity contribution in [3.63, 3.8) is 0 Å². The quantitative estimate of drug-likeness (QED) is 0.168. The van der Waals surface area contributed by atoms with Crippen LogP contribution in [0.1, 0.15) is 97.3 Å². The summed E-state index contributed by atoms with van der Waals surface area (Å²) in [7, 11) is 0. The highest BCUT2D eigenvalue weighted by Crippen LogP contribution is 2.38. The number of likely N-dealkylation sites (tertiary alicyclic amines) is 1. The van der Waals surface area contributed by atoms with E-state index in [1.807, 2.05) is 53.7 Å². The molecule has 5 aromatic rings. The molecule has 2 aliphatic rings. The molecule has 11 heteroatoms. The second-order valence-corrected chi connectivity index (χ2v) is 15.9. The molecule has 2 aromatic heterocycles. The standard InChI is InChI=1S/C39H45ClN6O4/c1-38(2,3)49-36(47)42-28-10-7-9-27(28)34-43-31(33(40)45-34)23-14-12-22(13-15-23)24-16-18-26-25(21-24)17-19-29-32(26)44-35(41-29)30-11-8-20-46(30)37(48)50-39(4,5)6/h12-19,21,27-28,30H,7-11,20H2,1-6H3,(H,41,44)(H,42,47)(H,43,45)/t27-,28-,30-/m0/s1. The van der Waals surface area contributed by atoms with E-state index in [0.29, 0.717) is 17.4 Å². The number of aromatic amines is 2. The van der Waals surface area contributed by atoms with Crippen molar-refractivity contribution in [1.29, 1.82) is 0 Å². The smallest absolute Gasteiger partial charge is 0.410 e. The number of hydrogen-bond donors (Lipinski definition) is 3. The third-order valence-electron chi connectivity index (χ3n) is 9.42. The van der Waals surface area contributed by atoms with E-state index >= 15 is 0 Å². The van der Waals surface area contributed by atoms with Crippen LogP contribution in [0.4, 0.5) is 9.59 Å². The first-order valence-corrected chi connectivity index (χ1v) is 17.9. The van der Waals surface area contributed by atoms with Crippen molar-refractivity contribution < 1.29 is 19.1 Å². The molecule has 0 unspecified atom stereocenters. The second kappa shape index (κ2) is 13.0. The monoisotopic (exact) mass is 696 g/mol. The van der Waals surface area contributed by atoms with E-state index in [4.69, 9.17) is 31.0 Å². The van der Waals surface area contributed by atoms with E-state index < -0.39 is 17.3 Å². The lowest BCUT2D eigenvalue weighted by Gasteiger charge is -2.27. The number of benzene rings is 3. The van der Waals surface area contributed by atoms with Gasteiger partial charge in [0, 0.05) is 29.5 Å². The highest BCUT2D eigenvalue weighted by atomic mass is 35.5. The van der Waals surface area contributed by atoms with Crippen LogP contribution in [0.15, 0.2) is 54.6 Å². The van der Waals surface area contributed by atoms with Crippen molar-refractivity contribution in [2.45, 2.75) is 103 Å². The molecule has 1 saturated heterocycles. The molecule has 1 aliphatic heterocycles. The van der Waals surface area contributed by atoms with Gasteiger partial charge < -0.3 is 24.8 Å². The molecule has 0 radical (unpaired) electrons. The maximum atomic E-state index is 12.9. The van der Waals surface area contributed by atoms with Crippen LogP contribution >= 0.6 is 11.6 Å². The lowest BCUT2D eigenvalue weighted by molar-refractivity contribution is 0.0218. The predicted molar refractivity (Wildman–Crippen MR) is 196 cm³/mol. The van der Waals surface area contributed by atoms with Gasteiger partial charge in [-0.1, -0.05) is 60.5 Å². The largest absolute Gasteiger partial charge is 0.444 e. The van der Waals surface area contributed by atoms with Crippen molar-refractivity contribution in [3.05, 3.63) is 71.4 Å². The fourth-order valence-corrected chi connectivity index (χ4v) is 7.47. The van der Waals surface area contributed by atoms with Gasteiger partial charge in [0.25, 0.3) is 0 Å². The zero-order valence-corrected chi connectivity index (χ0v) is 30.3. The van der Waals surface area contributed by atoms with Gasteiger partial charge in [0.2, 0.25) is 0 Å². The Hall–Kier alpha value is -4.57. The number of nitrogens with zero attached hydrogens (tertiary/aromatic N) is 3. The summed E-state index contributed by atoms with van der Waals surface area (Å²) in [4.78, 5) is 43.9. The molecule has 2 amide bonds. The highest BCUT2D eigenvalue weighted by Gasteiger charge is 2.36. The van der Waals surface area contributed by atoms with Gasteiger partial charge >= 0.3 is 12.2 Å². The average molecular weight is 697 g/mol. The molecule has 1 saturated carbocycles. The molecule has 1 aliphatic carbocycles. The molecule has 50 heavy (non-hydrogen) atoms. The van der Waals surface area contributed by atoms with Crippen LogP contribution in [0.25, 0.3) is 44.2 Å². The Morgan fingerprint density at radius 1 is 0.820 bits per heavy atom. The van der Waals surface area contributed by atoms with E-state index in [1.54, 1.807) is 4.90 Å². The lowest BCUT2D eigenvalue weighted by Crippen LogP contribution is -2.40. The number of hydrogen-bond acceptors (Lipinski definition) is 6. The number of ether oxygens (including phenoxy) is 2. The van der Waals surface area contributed by atoms with Crippen molar-refractivity contribution >= 4 is 45.6 Å². The number of nitrogens with one attached hydrogen (secondary N) is 3. The highest BCUT2D eigenvalue weighted by molar-refractivity contribution is 6.31. The van der Waals surface area contributed by atoms with Crippen molar-refractivity contribution in [2.24, 2.45) is 0 Å². The van der Waals surface area contributed by atoms with E-state index in [-0.39, 0.29) is 24.1 Å². The van der Waals surface area contributed by atoms with Crippen LogP contribution in [-0.4, -0.2) is 60.8 Å². The van der Waals surface area contributed by atoms with Gasteiger partial charge in [0.15, 0.2) is 0 Å². The van der Waals surface area contributed by atoms with Crippen molar-refractivity contribution in [2.75, 3.05) is 6.54 Å². The molecule has 3 aromatic carbocycles. The molecule has 0 bridgehead atoms. The summed E-state index contributed by atoms with van der Waals surface area (Å²) in [6.07, 6.45) is 3.79. The predicted octanol–water partition coefficient (Wildman–Crippen LogP) is 9.66. The first kappa shape index (κ1) is 33.9. The molecular weight excluding hydrogens is 652 g/mol. The number of carbonyl (C=O) groups is 2. The number of imidazole rings is 2. The molecule has 3 N–H and O–H groups in total. The maximum absolute atomic E-state index is 12.9. The number of H-pyrrole nitrogens is 2. The first-order chi connectivity index (χ1) is 23.7. The Kier molecular flexibility index (Phi) is 8.78. The maximum Gasteiger partial charge on any atom is 0.410 e. The summed E-state index contributed by atoms with van der Waals surface area (Å²) >= 11 is 6.70. The Morgan fingerprint density at radius 2 is 1.54 bits per heavy atom. The average Bonchev–Trinajstić information content (AvgIpc) is 3.85. The SMILES string of the molecule is CC(C)(C)OC(=O)N[C@H]1CCC[C@@H]1c1nc(-c2ccc(-c3ccc4c(ccc5[nH]c([C@@H]6CCCN6C(=O)OC(C)(C)C)nc54)c3)cc2)c(Cl)[nH]1. The number of amides is 2. The Balaban J connectivity index is 1.09. The molecule has 7 rings (SSSR count). The minimum atomic E-state index is -0.558. The summed E-state index contributed by atoms with van der Waals surface area (Å²) in [5.41, 5.74) is 4.49. The van der Waals surface area contributed by atoms with Crippen LogP contribution in [0, 0.1) is 0 Å². The zero-order valence-electron chi connectivity index (χ0n) is 29.5. The van der Waals surface area contributed by atoms with Crippen LogP contribution in [-0.2, 0) is 9.47 Å². The summed E-state index contributed by atoms with van der Waals surface area (Å²) in [6.45, 7) is 11.9. The van der Waals surface area contributed by atoms with Gasteiger partial charge in [-0.25, -0.2) is 19.6 Å². The minimum Gasteiger partial charge on any atom is -0.444 e. The second-order valence-electron chi connectivity index (χ2n) is 15.5. The Morgan fingerprint density at radius 3 is 2.28 bits per heavy atom. The van der Waals surface area contributed by atoms with Crippen LogP contribution in [0.2, 0.25) is 5.15 Å². The molecule has 2 fully saturated rings. The third-order valence-corrected chi connectivity index (χ3v) is 9.70. The molecule has 262 valence electrons. The van der Waals surface area contributed by atoms with Gasteiger partial charge in [-0.2, -0.15) is 0 Å². The summed E-state index contributed by atoms with van der Waals surface area (Å²) in [6, 6.07) is 18.6. The van der Waals surface area contributed by atoms with Crippen LogP contribution < -0.4 is 5.32 Å². The number of aromatic nitrogens is 4. The van der Waals surface area contributed by atoms with E-state index in [9.17, 15) is 9.59 Å². The summed E-state index contributed by atoms with van der Waals surface area (Å²) < 4.78 is 11.2. The first-order valence-electron chi connectivity index (χ1n) is 17.5. The molecule has 0 spiro atoms. The number of alkyl carbamates (subject to hydrolysis) is 1. The molecule has 3 heterocycles. The molecule has 10 nitrogen and oxygen atoms in total. The van der Waals surface area contributed by atoms with Gasteiger partial charge in [-0.3, -0.25) is 4.90 Å². The third kappa shape index (κ3) is 7.03. The van der Waals surface area contributed by atoms with Gasteiger partial charge in [-0.15, -0.1) is 0 Å². The number of halogens is 1. The van der Waals surface area contributed by atoms with E-state index in [2.05, 4.69) is 57.7 Å². The number of carbonyl (C=O) groups excluding carboxylic acids is 2. The van der Waals surface area contributed by atoms with Gasteiger partial charge in [-0.05, 0) is 95.9 Å². The normalized spacial score (nSPS) is 19.7. The molecule has 3 atom stereocenters. The van der Waals surface area contributed by atoms with Crippen molar-refractivity contribution in [3.8, 4) is 22.4 Å². The number of fused-ring (bicyclic) bond motifs is 3. The topological polar surface area (TPSA) is 125 Å². The lowest BCUT2D eigenvalue weighted by atomic mass is 9.99. The van der Waals surface area contributed by atoms with Crippen molar-refractivity contribution in [1.82, 2.24) is 30.2 Å². The fourth-order valence-electron chi connectivity index (χ4n) is 7.22. The Bertz CT molecular complexity index is 2060. The van der Waals surface area contributed by atoms with Crippen LogP contribution in [0.5, 0.6) is 0 Å². The van der Waals surface area contributed by atoms with Gasteiger partial charge in [0.1, 0.15) is 33.7 Å². The van der Waals surface area contributed by atoms with E-state index in [0.717, 1.165) is 82.2 Å². The van der Waals surface area contributed by atoms with E-state index in [1.165, 1.54) is 0 Å². The summed E-state index contributed by atoms with van der Waals surface area (Å²) in [5.74, 6) is 1.60.